The smallest absolute Gasteiger partial charge is 0.311 e. The van der Waals surface area contributed by atoms with Crippen molar-refractivity contribution in [2.24, 2.45) is 0 Å². The summed E-state index contributed by atoms with van der Waals surface area (Å²) in [5.74, 6) is -0.612. The van der Waals surface area contributed by atoms with Crippen molar-refractivity contribution in [2.45, 2.75) is 23.8 Å². The van der Waals surface area contributed by atoms with Crippen LogP contribution in [0, 0.1) is 0 Å². The number of benzene rings is 1. The minimum absolute atomic E-state index is 0.0970. The molecule has 0 aliphatic heterocycles. The van der Waals surface area contributed by atoms with E-state index in [9.17, 15) is 14.4 Å². The first kappa shape index (κ1) is 18.7. The molecule has 0 saturated heterocycles. The van der Waals surface area contributed by atoms with Crippen molar-refractivity contribution in [1.29, 1.82) is 0 Å². The van der Waals surface area contributed by atoms with E-state index in [4.69, 9.17) is 0 Å². The van der Waals surface area contributed by atoms with Crippen LogP contribution in [0.25, 0.3) is 0 Å². The molecule has 25 heavy (non-hydrogen) atoms. The number of nitrogens with one attached hydrogen (secondary N) is 1. The molecule has 1 aromatic heterocycles. The number of carbonyl (C=O) groups excluding carboxylic acids is 2. The van der Waals surface area contributed by atoms with Gasteiger partial charge in [-0.3, -0.25) is 14.4 Å². The third kappa shape index (κ3) is 5.18. The standard InChI is InChI=1S/C17H19N3O4S/c1-11(16(23)20(2)13-7-5-4-6-8-13)25-17-18-12(9-14(21)19-17)10-15(22)24-3/h4-9,11H,10H2,1-3H3,(H,18,19,21)/t11-/m1/s1. The summed E-state index contributed by atoms with van der Waals surface area (Å²) < 4.78 is 4.57. The number of anilines is 1. The Morgan fingerprint density at radius 1 is 1.32 bits per heavy atom. The Labute approximate surface area is 149 Å². The number of carbonyl (C=O) groups is 2. The van der Waals surface area contributed by atoms with Gasteiger partial charge in [0.05, 0.1) is 24.5 Å². The van der Waals surface area contributed by atoms with Crippen LogP contribution in [0.1, 0.15) is 12.6 Å². The van der Waals surface area contributed by atoms with Gasteiger partial charge in [-0.25, -0.2) is 4.98 Å². The number of hydrogen-bond acceptors (Lipinski definition) is 6. The van der Waals surface area contributed by atoms with Crippen LogP contribution in [0.4, 0.5) is 5.69 Å². The summed E-state index contributed by atoms with van der Waals surface area (Å²) in [7, 11) is 2.96. The first-order valence-corrected chi connectivity index (χ1v) is 8.45. The number of aromatic amines is 1. The zero-order chi connectivity index (χ0) is 18.4. The molecular weight excluding hydrogens is 342 g/mol. The quantitative estimate of drug-likeness (QED) is 0.478. The zero-order valence-electron chi connectivity index (χ0n) is 14.2. The Hall–Kier alpha value is -2.61. The second-order valence-corrected chi connectivity index (χ2v) is 6.62. The van der Waals surface area contributed by atoms with Gasteiger partial charge in [0.25, 0.3) is 5.56 Å². The van der Waals surface area contributed by atoms with Gasteiger partial charge in [0, 0.05) is 18.8 Å². The maximum Gasteiger partial charge on any atom is 0.311 e. The Kier molecular flexibility index (Phi) is 6.35. The lowest BCUT2D eigenvalue weighted by atomic mass is 10.3. The molecule has 1 N–H and O–H groups in total. The molecule has 1 heterocycles. The predicted octanol–water partition coefficient (Wildman–Crippen LogP) is 1.63. The van der Waals surface area contributed by atoms with Crippen LogP contribution in [0.2, 0.25) is 0 Å². The van der Waals surface area contributed by atoms with Gasteiger partial charge in [0.15, 0.2) is 5.16 Å². The van der Waals surface area contributed by atoms with Gasteiger partial charge in [0.2, 0.25) is 5.91 Å². The molecule has 0 spiro atoms. The monoisotopic (exact) mass is 361 g/mol. The lowest BCUT2D eigenvalue weighted by molar-refractivity contribution is -0.139. The van der Waals surface area contributed by atoms with Crippen LogP contribution in [-0.4, -0.2) is 41.3 Å². The summed E-state index contributed by atoms with van der Waals surface area (Å²) in [4.78, 5) is 44.0. The van der Waals surface area contributed by atoms with Gasteiger partial charge in [-0.05, 0) is 19.1 Å². The highest BCUT2D eigenvalue weighted by atomic mass is 32.2. The van der Waals surface area contributed by atoms with E-state index in [-0.39, 0.29) is 23.0 Å². The summed E-state index contributed by atoms with van der Waals surface area (Å²) in [5.41, 5.74) is 0.697. The predicted molar refractivity (Wildman–Crippen MR) is 95.7 cm³/mol. The number of aromatic nitrogens is 2. The highest BCUT2D eigenvalue weighted by Crippen LogP contribution is 2.22. The van der Waals surface area contributed by atoms with Crippen molar-refractivity contribution in [3.8, 4) is 0 Å². The van der Waals surface area contributed by atoms with Crippen molar-refractivity contribution in [1.82, 2.24) is 9.97 Å². The second kappa shape index (κ2) is 8.48. The fourth-order valence-corrected chi connectivity index (χ4v) is 3.04. The van der Waals surface area contributed by atoms with E-state index in [0.29, 0.717) is 5.69 Å². The van der Waals surface area contributed by atoms with Crippen LogP contribution in [0.3, 0.4) is 0 Å². The van der Waals surface area contributed by atoms with E-state index in [1.165, 1.54) is 13.2 Å². The number of amides is 1. The van der Waals surface area contributed by atoms with Gasteiger partial charge in [-0.2, -0.15) is 0 Å². The fraction of sp³-hybridized carbons (Fsp3) is 0.294. The van der Waals surface area contributed by atoms with Crippen LogP contribution in [0.5, 0.6) is 0 Å². The molecule has 0 saturated carbocycles. The molecule has 0 fully saturated rings. The van der Waals surface area contributed by atoms with E-state index in [0.717, 1.165) is 17.4 Å². The molecular formula is C17H19N3O4S. The van der Waals surface area contributed by atoms with Crippen molar-refractivity contribution in [2.75, 3.05) is 19.1 Å². The van der Waals surface area contributed by atoms with Crippen molar-refractivity contribution < 1.29 is 14.3 Å². The van der Waals surface area contributed by atoms with Crippen molar-refractivity contribution in [3.63, 3.8) is 0 Å². The van der Waals surface area contributed by atoms with E-state index in [2.05, 4.69) is 14.7 Å². The number of thioether (sulfide) groups is 1. The molecule has 0 unspecified atom stereocenters. The van der Waals surface area contributed by atoms with E-state index in [1.807, 2.05) is 30.3 Å². The van der Waals surface area contributed by atoms with Crippen LogP contribution >= 0.6 is 11.8 Å². The van der Waals surface area contributed by atoms with Crippen molar-refractivity contribution >= 4 is 29.3 Å². The maximum absolute atomic E-state index is 12.6. The number of hydrogen-bond donors (Lipinski definition) is 1. The summed E-state index contributed by atoms with van der Waals surface area (Å²) in [6, 6.07) is 10.5. The van der Waals surface area contributed by atoms with Crippen LogP contribution in [0.15, 0.2) is 46.3 Å². The Morgan fingerprint density at radius 2 is 2.00 bits per heavy atom. The van der Waals surface area contributed by atoms with Crippen LogP contribution in [-0.2, 0) is 20.7 Å². The summed E-state index contributed by atoms with van der Waals surface area (Å²) >= 11 is 1.13. The number of para-hydroxylation sites is 1. The van der Waals surface area contributed by atoms with Gasteiger partial charge in [-0.1, -0.05) is 30.0 Å². The number of ether oxygens (including phenoxy) is 1. The maximum atomic E-state index is 12.6. The third-order valence-corrected chi connectivity index (χ3v) is 4.41. The molecule has 2 rings (SSSR count). The minimum atomic E-state index is -0.484. The molecule has 1 amide bonds. The van der Waals surface area contributed by atoms with E-state index in [1.54, 1.807) is 18.9 Å². The lowest BCUT2D eigenvalue weighted by Gasteiger charge is -2.20. The zero-order valence-corrected chi connectivity index (χ0v) is 15.0. The molecule has 1 aromatic carbocycles. The SMILES string of the molecule is COC(=O)Cc1cc(=O)[nH]c(S[C@H](C)C(=O)N(C)c2ccccc2)n1. The normalized spacial score (nSPS) is 11.6. The van der Waals surface area contributed by atoms with Gasteiger partial charge < -0.3 is 14.6 Å². The Morgan fingerprint density at radius 3 is 2.64 bits per heavy atom. The summed E-state index contributed by atoms with van der Waals surface area (Å²) in [5, 5.41) is -0.185. The van der Waals surface area contributed by atoms with Crippen molar-refractivity contribution in [3.05, 3.63) is 52.4 Å². The molecule has 0 aliphatic carbocycles. The molecule has 1 atom stereocenters. The number of esters is 1. The highest BCUT2D eigenvalue weighted by Gasteiger charge is 2.21. The second-order valence-electron chi connectivity index (χ2n) is 5.29. The topological polar surface area (TPSA) is 92.4 Å². The summed E-state index contributed by atoms with van der Waals surface area (Å²) in [6.07, 6.45) is -0.0970. The lowest BCUT2D eigenvalue weighted by Crippen LogP contribution is -2.33. The molecule has 7 nitrogen and oxygen atoms in total. The highest BCUT2D eigenvalue weighted by molar-refractivity contribution is 8.00. The Balaban J connectivity index is 2.11. The molecule has 0 radical (unpaired) electrons. The third-order valence-electron chi connectivity index (χ3n) is 3.44. The fourth-order valence-electron chi connectivity index (χ4n) is 2.12. The van der Waals surface area contributed by atoms with Gasteiger partial charge >= 0.3 is 5.97 Å². The van der Waals surface area contributed by atoms with E-state index >= 15 is 0 Å². The molecule has 0 aliphatic rings. The first-order valence-electron chi connectivity index (χ1n) is 7.57. The van der Waals surface area contributed by atoms with Gasteiger partial charge in [0.1, 0.15) is 0 Å². The molecule has 132 valence electrons. The number of nitrogens with zero attached hydrogens (tertiary/aromatic N) is 2. The first-order chi connectivity index (χ1) is 11.9. The van der Waals surface area contributed by atoms with E-state index < -0.39 is 11.2 Å². The minimum Gasteiger partial charge on any atom is -0.469 e. The number of H-pyrrole nitrogens is 1. The number of rotatable bonds is 6. The summed E-state index contributed by atoms with van der Waals surface area (Å²) in [6.45, 7) is 1.74. The largest absolute Gasteiger partial charge is 0.469 e. The average molecular weight is 361 g/mol. The van der Waals surface area contributed by atoms with Gasteiger partial charge in [-0.15, -0.1) is 0 Å². The molecule has 0 bridgehead atoms. The molecule has 8 heteroatoms. The molecule has 2 aromatic rings. The Bertz CT molecular complexity index is 807. The average Bonchev–Trinajstić information content (AvgIpc) is 2.60. The number of methoxy groups -OCH3 is 1. The van der Waals surface area contributed by atoms with Crippen LogP contribution < -0.4 is 10.5 Å².